The number of imide groups is 1. The van der Waals surface area contributed by atoms with E-state index in [1.54, 1.807) is 41.5 Å². The van der Waals surface area contributed by atoms with Gasteiger partial charge in [0.2, 0.25) is 17.7 Å². The molecule has 0 aliphatic carbocycles. The number of nitrogens with one attached hydrogen (secondary N) is 4. The summed E-state index contributed by atoms with van der Waals surface area (Å²) in [5, 5.41) is 11.1. The average Bonchev–Trinajstić information content (AvgIpc) is 3.27. The normalized spacial score (nSPS) is 15.0. The fourth-order valence-electron chi connectivity index (χ4n) is 4.01. The highest BCUT2D eigenvalue weighted by Crippen LogP contribution is 2.25. The average molecular weight is 656 g/mol. The van der Waals surface area contributed by atoms with Gasteiger partial charge in [0.1, 0.15) is 12.1 Å². The van der Waals surface area contributed by atoms with Gasteiger partial charge in [-0.15, -0.1) is 5.06 Å². The minimum Gasteiger partial charge on any atom is -0.449 e. The van der Waals surface area contributed by atoms with Crippen LogP contribution < -0.4 is 21.3 Å². The van der Waals surface area contributed by atoms with Gasteiger partial charge < -0.3 is 35.6 Å². The Morgan fingerprint density at radius 3 is 1.98 bits per heavy atom. The van der Waals surface area contributed by atoms with E-state index in [4.69, 9.17) is 14.3 Å². The van der Waals surface area contributed by atoms with Crippen LogP contribution in [0.25, 0.3) is 0 Å². The highest BCUT2D eigenvalue weighted by molar-refractivity contribution is 6.01. The Kier molecular flexibility index (Phi) is 16.1. The standard InChI is InChI=1S/C31H53N5O10/c1-19(2)18-44-29(43)33-16-15-32-26(40)21(5)34-27(41)25(20(3)4)35-28(42)30(6,7)14-17-45-31(8,9)13-12-24(39)46-36-22(37)10-11-23(36)38/h19-21,25H,10-18H2,1-9H3,(H,32,40)(H,33,43)(H,34,41)(H,35,42)/t21-,25?/m0/s1. The summed E-state index contributed by atoms with van der Waals surface area (Å²) >= 11 is 0. The van der Waals surface area contributed by atoms with E-state index < -0.39 is 58.8 Å². The first-order valence-corrected chi connectivity index (χ1v) is 15.8. The molecule has 1 saturated heterocycles. The molecule has 0 bridgehead atoms. The van der Waals surface area contributed by atoms with Gasteiger partial charge in [0.05, 0.1) is 18.6 Å². The SMILES string of the molecule is CC(C)COC(=O)NCCNC(=O)[C@H](C)NC(=O)C(NC(=O)C(C)(C)CCOC(C)(C)CCC(=O)ON1C(=O)CCC1=O)C(C)C. The molecule has 6 amide bonds. The molecule has 1 unspecified atom stereocenters. The summed E-state index contributed by atoms with van der Waals surface area (Å²) in [5.41, 5.74) is -1.69. The lowest BCUT2D eigenvalue weighted by Gasteiger charge is -2.31. The number of carbonyl (C=O) groups is 7. The lowest BCUT2D eigenvalue weighted by molar-refractivity contribution is -0.198. The number of hydrogen-bond donors (Lipinski definition) is 4. The summed E-state index contributed by atoms with van der Waals surface area (Å²) in [6.45, 7) is 16.6. The van der Waals surface area contributed by atoms with Gasteiger partial charge in [-0.1, -0.05) is 41.5 Å². The predicted molar refractivity (Wildman–Crippen MR) is 166 cm³/mol. The van der Waals surface area contributed by atoms with Crippen LogP contribution >= 0.6 is 0 Å². The molecule has 0 spiro atoms. The van der Waals surface area contributed by atoms with Crippen LogP contribution in [0.4, 0.5) is 4.79 Å². The van der Waals surface area contributed by atoms with Crippen molar-refractivity contribution >= 4 is 41.6 Å². The first kappa shape index (κ1) is 40.3. The monoisotopic (exact) mass is 655 g/mol. The van der Waals surface area contributed by atoms with E-state index in [0.717, 1.165) is 0 Å². The van der Waals surface area contributed by atoms with Gasteiger partial charge in [0, 0.05) is 38.0 Å². The van der Waals surface area contributed by atoms with Crippen molar-refractivity contribution in [2.45, 2.75) is 112 Å². The van der Waals surface area contributed by atoms with E-state index in [-0.39, 0.29) is 69.7 Å². The van der Waals surface area contributed by atoms with E-state index in [1.165, 1.54) is 6.92 Å². The summed E-state index contributed by atoms with van der Waals surface area (Å²) < 4.78 is 10.9. The van der Waals surface area contributed by atoms with E-state index in [1.807, 2.05) is 13.8 Å². The van der Waals surface area contributed by atoms with Crippen molar-refractivity contribution in [3.63, 3.8) is 0 Å². The Morgan fingerprint density at radius 1 is 0.826 bits per heavy atom. The highest BCUT2D eigenvalue weighted by Gasteiger charge is 2.35. The zero-order valence-electron chi connectivity index (χ0n) is 28.7. The molecule has 15 heteroatoms. The number of hydrogen-bond acceptors (Lipinski definition) is 10. The smallest absolute Gasteiger partial charge is 0.407 e. The third kappa shape index (κ3) is 14.6. The minimum atomic E-state index is -0.925. The lowest BCUT2D eigenvalue weighted by Crippen LogP contribution is -2.56. The summed E-state index contributed by atoms with van der Waals surface area (Å²) in [6.07, 6.45) is -0.0827. The maximum absolute atomic E-state index is 13.2. The Balaban J connectivity index is 2.52. The van der Waals surface area contributed by atoms with Gasteiger partial charge in [-0.2, -0.15) is 0 Å². The van der Waals surface area contributed by atoms with Gasteiger partial charge in [-0.25, -0.2) is 9.59 Å². The van der Waals surface area contributed by atoms with Crippen LogP contribution in [0.1, 0.15) is 94.4 Å². The van der Waals surface area contributed by atoms with E-state index in [0.29, 0.717) is 11.5 Å². The van der Waals surface area contributed by atoms with Crippen molar-refractivity contribution in [2.24, 2.45) is 17.3 Å². The fourth-order valence-corrected chi connectivity index (χ4v) is 4.01. The van der Waals surface area contributed by atoms with E-state index >= 15 is 0 Å². The molecule has 0 aromatic heterocycles. The second-order valence-corrected chi connectivity index (χ2v) is 13.4. The van der Waals surface area contributed by atoms with Crippen molar-refractivity contribution in [3.05, 3.63) is 0 Å². The van der Waals surface area contributed by atoms with Gasteiger partial charge in [-0.3, -0.25) is 24.0 Å². The number of rotatable bonds is 19. The molecule has 1 heterocycles. The quantitative estimate of drug-likeness (QED) is 0.117. The second-order valence-electron chi connectivity index (χ2n) is 13.4. The maximum Gasteiger partial charge on any atom is 0.407 e. The molecule has 4 N–H and O–H groups in total. The molecule has 262 valence electrons. The number of nitrogens with zero attached hydrogens (tertiary/aromatic N) is 1. The van der Waals surface area contributed by atoms with Crippen molar-refractivity contribution in [1.82, 2.24) is 26.3 Å². The third-order valence-corrected chi connectivity index (χ3v) is 7.19. The largest absolute Gasteiger partial charge is 0.449 e. The van der Waals surface area contributed by atoms with Crippen LogP contribution in [0.5, 0.6) is 0 Å². The number of carbonyl (C=O) groups excluding carboxylic acids is 7. The lowest BCUT2D eigenvalue weighted by atomic mass is 9.87. The van der Waals surface area contributed by atoms with Gasteiger partial charge in [0.25, 0.3) is 11.8 Å². The molecule has 1 aliphatic rings. The van der Waals surface area contributed by atoms with Crippen molar-refractivity contribution < 1.29 is 47.9 Å². The number of amides is 6. The molecule has 0 aromatic carbocycles. The molecule has 46 heavy (non-hydrogen) atoms. The zero-order chi connectivity index (χ0) is 35.2. The van der Waals surface area contributed by atoms with Gasteiger partial charge >= 0.3 is 12.1 Å². The summed E-state index contributed by atoms with van der Waals surface area (Å²) in [4.78, 5) is 90.6. The minimum absolute atomic E-state index is 0.0155. The summed E-state index contributed by atoms with van der Waals surface area (Å²) in [5.74, 6) is -3.24. The van der Waals surface area contributed by atoms with Gasteiger partial charge in [-0.05, 0) is 45.4 Å². The van der Waals surface area contributed by atoms with Gasteiger partial charge in [0.15, 0.2) is 0 Å². The Labute approximate surface area is 271 Å². The Bertz CT molecular complexity index is 1090. The molecular weight excluding hydrogens is 602 g/mol. The fraction of sp³-hybridized carbons (Fsp3) is 0.774. The number of hydroxylamine groups is 2. The number of alkyl carbamates (subject to hydrolysis) is 1. The van der Waals surface area contributed by atoms with Crippen LogP contribution in [0.2, 0.25) is 0 Å². The molecule has 1 rings (SSSR count). The summed E-state index contributed by atoms with van der Waals surface area (Å²) in [6, 6.07) is -1.80. The molecule has 1 aliphatic heterocycles. The topological polar surface area (TPSA) is 199 Å². The summed E-state index contributed by atoms with van der Waals surface area (Å²) in [7, 11) is 0. The van der Waals surface area contributed by atoms with E-state index in [2.05, 4.69) is 21.3 Å². The molecule has 1 fully saturated rings. The molecular formula is C31H53N5O10. The second kappa shape index (κ2) is 18.4. The number of ether oxygens (including phenoxy) is 2. The van der Waals surface area contributed by atoms with Crippen LogP contribution in [-0.4, -0.2) is 90.6 Å². The van der Waals surface area contributed by atoms with Crippen LogP contribution in [-0.2, 0) is 43.1 Å². The predicted octanol–water partition coefficient (Wildman–Crippen LogP) is 1.73. The Morgan fingerprint density at radius 2 is 1.41 bits per heavy atom. The first-order valence-electron chi connectivity index (χ1n) is 15.8. The Hall–Kier alpha value is -3.75. The third-order valence-electron chi connectivity index (χ3n) is 7.19. The van der Waals surface area contributed by atoms with E-state index in [9.17, 15) is 33.6 Å². The molecule has 15 nitrogen and oxygen atoms in total. The molecule has 2 atom stereocenters. The van der Waals surface area contributed by atoms with Crippen molar-refractivity contribution in [3.8, 4) is 0 Å². The first-order chi connectivity index (χ1) is 21.3. The zero-order valence-corrected chi connectivity index (χ0v) is 28.7. The molecule has 0 radical (unpaired) electrons. The van der Waals surface area contributed by atoms with Crippen LogP contribution in [0, 0.1) is 17.3 Å². The highest BCUT2D eigenvalue weighted by atomic mass is 16.7. The maximum atomic E-state index is 13.2. The van der Waals surface area contributed by atoms with Crippen molar-refractivity contribution in [2.75, 3.05) is 26.3 Å². The van der Waals surface area contributed by atoms with Crippen LogP contribution in [0.15, 0.2) is 0 Å². The van der Waals surface area contributed by atoms with Crippen LogP contribution in [0.3, 0.4) is 0 Å². The molecule has 0 saturated carbocycles. The molecule has 0 aromatic rings. The van der Waals surface area contributed by atoms with Crippen molar-refractivity contribution in [1.29, 1.82) is 0 Å².